The van der Waals surface area contributed by atoms with Gasteiger partial charge in [-0.2, -0.15) is 0 Å². The monoisotopic (exact) mass is 258 g/mol. The average molecular weight is 258 g/mol. The molecule has 2 fully saturated rings. The van der Waals surface area contributed by atoms with Crippen molar-refractivity contribution < 1.29 is 0 Å². The zero-order valence-electron chi connectivity index (χ0n) is 12.0. The molecule has 2 aliphatic heterocycles. The lowest BCUT2D eigenvalue weighted by atomic mass is 9.94. The molecule has 3 unspecified atom stereocenters. The smallest absolute Gasteiger partial charge is 0.0197 e. The molecule has 2 heteroatoms. The summed E-state index contributed by atoms with van der Waals surface area (Å²) in [6.45, 7) is 7.36. The molecule has 104 valence electrons. The van der Waals surface area contributed by atoms with Crippen LogP contribution >= 0.6 is 0 Å². The third-order valence-electron chi connectivity index (χ3n) is 4.78. The zero-order valence-corrected chi connectivity index (χ0v) is 12.0. The molecule has 3 atom stereocenters. The van der Waals surface area contributed by atoms with Crippen LogP contribution in [0.2, 0.25) is 0 Å². The molecule has 1 N–H and O–H groups in total. The Morgan fingerprint density at radius 1 is 1.21 bits per heavy atom. The maximum absolute atomic E-state index is 3.69. The largest absolute Gasteiger partial charge is 0.313 e. The van der Waals surface area contributed by atoms with Crippen molar-refractivity contribution in [1.29, 1.82) is 0 Å². The molecular formula is C17H26N2. The first-order valence-electron chi connectivity index (χ1n) is 7.82. The van der Waals surface area contributed by atoms with Crippen LogP contribution in [0.3, 0.4) is 0 Å². The lowest BCUT2D eigenvalue weighted by Crippen LogP contribution is -2.44. The van der Waals surface area contributed by atoms with E-state index in [4.69, 9.17) is 0 Å². The van der Waals surface area contributed by atoms with Crippen LogP contribution in [-0.2, 0) is 0 Å². The summed E-state index contributed by atoms with van der Waals surface area (Å²) in [6.07, 6.45) is 4.03. The Kier molecular flexibility index (Phi) is 4.19. The van der Waals surface area contributed by atoms with Crippen LogP contribution in [0.5, 0.6) is 0 Å². The van der Waals surface area contributed by atoms with Gasteiger partial charge in [-0.3, -0.25) is 0 Å². The van der Waals surface area contributed by atoms with E-state index in [1.54, 1.807) is 0 Å². The number of nitrogens with zero attached hydrogens (tertiary/aromatic N) is 1. The van der Waals surface area contributed by atoms with Crippen LogP contribution in [-0.4, -0.2) is 37.1 Å². The lowest BCUT2D eigenvalue weighted by Gasteiger charge is -2.31. The molecule has 2 heterocycles. The van der Waals surface area contributed by atoms with Gasteiger partial charge in [0.25, 0.3) is 0 Å². The van der Waals surface area contributed by atoms with Crippen LogP contribution in [0.25, 0.3) is 0 Å². The predicted octanol–water partition coefficient (Wildman–Crippen LogP) is 2.86. The zero-order chi connectivity index (χ0) is 13.1. The van der Waals surface area contributed by atoms with Crippen LogP contribution < -0.4 is 5.32 Å². The molecular weight excluding hydrogens is 232 g/mol. The Hall–Kier alpha value is -0.860. The van der Waals surface area contributed by atoms with Gasteiger partial charge in [0.1, 0.15) is 0 Å². The van der Waals surface area contributed by atoms with E-state index in [2.05, 4.69) is 47.5 Å². The first-order chi connectivity index (χ1) is 9.31. The SMILES string of the molecule is CC1CCNC(CN2CCC(c3ccccc3)C2)C1. The van der Waals surface area contributed by atoms with E-state index in [0.717, 1.165) is 17.9 Å². The van der Waals surface area contributed by atoms with Gasteiger partial charge in [-0.05, 0) is 49.8 Å². The molecule has 0 aromatic heterocycles. The number of likely N-dealkylation sites (tertiary alicyclic amines) is 1. The lowest BCUT2D eigenvalue weighted by molar-refractivity contribution is 0.233. The van der Waals surface area contributed by atoms with Crippen LogP contribution in [0, 0.1) is 5.92 Å². The highest BCUT2D eigenvalue weighted by atomic mass is 15.2. The number of piperidine rings is 1. The van der Waals surface area contributed by atoms with Crippen molar-refractivity contribution in [1.82, 2.24) is 10.2 Å². The molecule has 3 rings (SSSR count). The maximum atomic E-state index is 3.69. The minimum atomic E-state index is 0.721. The van der Waals surface area contributed by atoms with E-state index in [1.807, 2.05) is 0 Å². The van der Waals surface area contributed by atoms with Gasteiger partial charge in [-0.25, -0.2) is 0 Å². The number of benzene rings is 1. The molecule has 1 aromatic rings. The van der Waals surface area contributed by atoms with E-state index in [0.29, 0.717) is 0 Å². The van der Waals surface area contributed by atoms with Gasteiger partial charge < -0.3 is 10.2 Å². The number of hydrogen-bond acceptors (Lipinski definition) is 2. The Morgan fingerprint density at radius 2 is 2.05 bits per heavy atom. The highest BCUT2D eigenvalue weighted by Gasteiger charge is 2.27. The van der Waals surface area contributed by atoms with E-state index < -0.39 is 0 Å². The van der Waals surface area contributed by atoms with E-state index >= 15 is 0 Å². The minimum Gasteiger partial charge on any atom is -0.313 e. The highest BCUT2D eigenvalue weighted by molar-refractivity contribution is 5.21. The first-order valence-corrected chi connectivity index (χ1v) is 7.82. The summed E-state index contributed by atoms with van der Waals surface area (Å²) < 4.78 is 0. The second-order valence-electron chi connectivity index (χ2n) is 6.44. The summed E-state index contributed by atoms with van der Waals surface area (Å²) in [6, 6.07) is 11.7. The van der Waals surface area contributed by atoms with E-state index in [-0.39, 0.29) is 0 Å². The van der Waals surface area contributed by atoms with Crippen molar-refractivity contribution >= 4 is 0 Å². The summed E-state index contributed by atoms with van der Waals surface area (Å²) in [5.74, 6) is 1.65. The fraction of sp³-hybridized carbons (Fsp3) is 0.647. The molecule has 2 aliphatic rings. The quantitative estimate of drug-likeness (QED) is 0.897. The maximum Gasteiger partial charge on any atom is 0.0197 e. The molecule has 0 bridgehead atoms. The first kappa shape index (κ1) is 13.1. The minimum absolute atomic E-state index is 0.721. The Labute approximate surface area is 117 Å². The number of hydrogen-bond donors (Lipinski definition) is 1. The van der Waals surface area contributed by atoms with Gasteiger partial charge in [-0.1, -0.05) is 37.3 Å². The van der Waals surface area contributed by atoms with Crippen LogP contribution in [0.15, 0.2) is 30.3 Å². The predicted molar refractivity (Wildman–Crippen MR) is 80.4 cm³/mol. The van der Waals surface area contributed by atoms with Gasteiger partial charge in [0.05, 0.1) is 0 Å². The van der Waals surface area contributed by atoms with Crippen LogP contribution in [0.1, 0.15) is 37.7 Å². The summed E-state index contributed by atoms with van der Waals surface area (Å²) in [7, 11) is 0. The van der Waals surface area contributed by atoms with Crippen molar-refractivity contribution in [3.8, 4) is 0 Å². The molecule has 1 aromatic carbocycles. The highest BCUT2D eigenvalue weighted by Crippen LogP contribution is 2.27. The molecule has 0 radical (unpaired) electrons. The summed E-state index contributed by atoms with van der Waals surface area (Å²) in [5.41, 5.74) is 1.52. The molecule has 0 amide bonds. The third kappa shape index (κ3) is 3.37. The Morgan fingerprint density at radius 3 is 2.84 bits per heavy atom. The molecule has 19 heavy (non-hydrogen) atoms. The van der Waals surface area contributed by atoms with Gasteiger partial charge in [0, 0.05) is 19.1 Å². The van der Waals surface area contributed by atoms with E-state index in [1.165, 1.54) is 51.0 Å². The normalized spacial score (nSPS) is 32.6. The molecule has 2 nitrogen and oxygen atoms in total. The molecule has 2 saturated heterocycles. The van der Waals surface area contributed by atoms with Crippen molar-refractivity contribution in [3.05, 3.63) is 35.9 Å². The van der Waals surface area contributed by atoms with Crippen LogP contribution in [0.4, 0.5) is 0 Å². The number of nitrogens with one attached hydrogen (secondary N) is 1. The third-order valence-corrected chi connectivity index (χ3v) is 4.78. The summed E-state index contributed by atoms with van der Waals surface area (Å²) in [5, 5.41) is 3.69. The van der Waals surface area contributed by atoms with Crippen molar-refractivity contribution in [2.24, 2.45) is 5.92 Å². The topological polar surface area (TPSA) is 15.3 Å². The van der Waals surface area contributed by atoms with Gasteiger partial charge in [0.2, 0.25) is 0 Å². The number of rotatable bonds is 3. The summed E-state index contributed by atoms with van der Waals surface area (Å²) in [4.78, 5) is 2.66. The van der Waals surface area contributed by atoms with Gasteiger partial charge in [0.15, 0.2) is 0 Å². The van der Waals surface area contributed by atoms with E-state index in [9.17, 15) is 0 Å². The van der Waals surface area contributed by atoms with Crippen molar-refractivity contribution in [3.63, 3.8) is 0 Å². The molecule has 0 aliphatic carbocycles. The Bertz CT molecular complexity index is 390. The van der Waals surface area contributed by atoms with Gasteiger partial charge in [-0.15, -0.1) is 0 Å². The fourth-order valence-corrected chi connectivity index (χ4v) is 3.67. The second kappa shape index (κ2) is 6.06. The standard InChI is InChI=1S/C17H26N2/c1-14-7-9-18-17(11-14)13-19-10-8-16(12-19)15-5-3-2-4-6-15/h2-6,14,16-18H,7-13H2,1H3. The average Bonchev–Trinajstić information content (AvgIpc) is 2.88. The second-order valence-corrected chi connectivity index (χ2v) is 6.44. The van der Waals surface area contributed by atoms with Crippen molar-refractivity contribution in [2.45, 2.75) is 38.1 Å². The van der Waals surface area contributed by atoms with Gasteiger partial charge >= 0.3 is 0 Å². The summed E-state index contributed by atoms with van der Waals surface area (Å²) >= 11 is 0. The fourth-order valence-electron chi connectivity index (χ4n) is 3.67. The molecule has 0 saturated carbocycles. The van der Waals surface area contributed by atoms with Crippen molar-refractivity contribution in [2.75, 3.05) is 26.2 Å². The molecule has 0 spiro atoms. The Balaban J connectivity index is 1.52.